The Morgan fingerprint density at radius 1 is 1.38 bits per heavy atom. The minimum Gasteiger partial charge on any atom is -0.478 e. The van der Waals surface area contributed by atoms with Crippen molar-refractivity contribution in [2.75, 3.05) is 13.2 Å². The van der Waals surface area contributed by atoms with E-state index in [-0.39, 0.29) is 11.3 Å². The maximum absolute atomic E-state index is 11.9. The van der Waals surface area contributed by atoms with Gasteiger partial charge in [0.1, 0.15) is 0 Å². The van der Waals surface area contributed by atoms with E-state index in [0.29, 0.717) is 36.7 Å². The van der Waals surface area contributed by atoms with Crippen LogP contribution in [0.15, 0.2) is 23.0 Å². The normalized spacial score (nSPS) is 11.4. The topological polar surface area (TPSA) is 84.3 Å². The molecule has 2 rings (SSSR count). The van der Waals surface area contributed by atoms with Crippen LogP contribution >= 0.6 is 0 Å². The molecule has 0 bridgehead atoms. The summed E-state index contributed by atoms with van der Waals surface area (Å²) >= 11 is 0. The minimum atomic E-state index is -1.01. The first kappa shape index (κ1) is 15.3. The molecule has 0 aliphatic heterocycles. The third-order valence-electron chi connectivity index (χ3n) is 3.32. The first-order chi connectivity index (χ1) is 9.99. The molecule has 21 heavy (non-hydrogen) atoms. The number of carbonyl (C=O) groups is 1. The fourth-order valence-corrected chi connectivity index (χ4v) is 2.10. The highest BCUT2D eigenvalue weighted by molar-refractivity contribution is 5.92. The molecule has 0 spiro atoms. The average molecular weight is 292 g/mol. The number of benzene rings is 1. The summed E-state index contributed by atoms with van der Waals surface area (Å²) in [4.78, 5) is 25.5. The Labute approximate surface area is 122 Å². The lowest BCUT2D eigenvalue weighted by molar-refractivity contribution is 0.0697. The van der Waals surface area contributed by atoms with Gasteiger partial charge in [-0.15, -0.1) is 0 Å². The summed E-state index contributed by atoms with van der Waals surface area (Å²) in [5.41, 5.74) is 1.13. The van der Waals surface area contributed by atoms with E-state index in [9.17, 15) is 9.59 Å². The average Bonchev–Trinajstić information content (AvgIpc) is 2.73. The van der Waals surface area contributed by atoms with Gasteiger partial charge in [-0.05, 0) is 30.5 Å². The van der Waals surface area contributed by atoms with E-state index in [1.54, 1.807) is 10.6 Å². The number of aromatic carboxylic acids is 1. The Hall–Kier alpha value is -2.08. The Bertz CT molecular complexity index is 685. The summed E-state index contributed by atoms with van der Waals surface area (Å²) in [5.74, 6) is -0.419. The van der Waals surface area contributed by atoms with Crippen molar-refractivity contribution in [1.29, 1.82) is 0 Å². The zero-order valence-corrected chi connectivity index (χ0v) is 12.3. The molecule has 0 aliphatic rings. The Balaban J connectivity index is 2.08. The smallest absolute Gasteiger partial charge is 0.335 e. The zero-order chi connectivity index (χ0) is 15.4. The molecule has 2 aromatic rings. The van der Waals surface area contributed by atoms with Crippen LogP contribution in [0.3, 0.4) is 0 Å². The van der Waals surface area contributed by atoms with Gasteiger partial charge in [0, 0.05) is 6.61 Å². The number of hydrogen-bond acceptors (Lipinski definition) is 3. The standard InChI is InChI=1S/C15H20N2O4/c1-10(2)5-7-21-8-6-17-13-4-3-11(14(18)19)9-12(13)16-15(17)20/h3-4,9-10H,5-8H2,1-2H3,(H,16,20)(H,18,19). The lowest BCUT2D eigenvalue weighted by atomic mass is 10.1. The number of nitrogens with zero attached hydrogens (tertiary/aromatic N) is 1. The molecule has 0 atom stereocenters. The van der Waals surface area contributed by atoms with Crippen molar-refractivity contribution < 1.29 is 14.6 Å². The number of rotatable bonds is 7. The number of fused-ring (bicyclic) bond motifs is 1. The van der Waals surface area contributed by atoms with E-state index in [0.717, 1.165) is 6.42 Å². The predicted molar refractivity (Wildman–Crippen MR) is 79.8 cm³/mol. The highest BCUT2D eigenvalue weighted by Gasteiger charge is 2.10. The molecule has 0 aliphatic carbocycles. The molecule has 0 radical (unpaired) electrons. The Kier molecular flexibility index (Phi) is 4.80. The molecule has 1 aromatic heterocycles. The van der Waals surface area contributed by atoms with Crippen molar-refractivity contribution in [1.82, 2.24) is 9.55 Å². The van der Waals surface area contributed by atoms with Gasteiger partial charge in [-0.1, -0.05) is 13.8 Å². The molecule has 1 aromatic carbocycles. The largest absolute Gasteiger partial charge is 0.478 e. The molecule has 0 saturated heterocycles. The van der Waals surface area contributed by atoms with Gasteiger partial charge in [-0.2, -0.15) is 0 Å². The van der Waals surface area contributed by atoms with E-state index in [4.69, 9.17) is 9.84 Å². The molecule has 114 valence electrons. The van der Waals surface area contributed by atoms with Gasteiger partial charge in [-0.25, -0.2) is 9.59 Å². The van der Waals surface area contributed by atoms with Crippen molar-refractivity contribution in [3.8, 4) is 0 Å². The van der Waals surface area contributed by atoms with Crippen LogP contribution in [0.25, 0.3) is 11.0 Å². The fraction of sp³-hybridized carbons (Fsp3) is 0.467. The van der Waals surface area contributed by atoms with Crippen LogP contribution in [0.1, 0.15) is 30.6 Å². The van der Waals surface area contributed by atoms with Crippen molar-refractivity contribution in [2.45, 2.75) is 26.8 Å². The molecule has 2 N–H and O–H groups in total. The van der Waals surface area contributed by atoms with Crippen molar-refractivity contribution >= 4 is 17.0 Å². The third kappa shape index (κ3) is 3.72. The van der Waals surface area contributed by atoms with Crippen LogP contribution in [0.2, 0.25) is 0 Å². The van der Waals surface area contributed by atoms with Crippen molar-refractivity contribution in [3.05, 3.63) is 34.2 Å². The van der Waals surface area contributed by atoms with Crippen LogP contribution in [-0.2, 0) is 11.3 Å². The minimum absolute atomic E-state index is 0.157. The van der Waals surface area contributed by atoms with E-state index < -0.39 is 5.97 Å². The molecular formula is C15H20N2O4. The molecule has 6 nitrogen and oxygen atoms in total. The zero-order valence-electron chi connectivity index (χ0n) is 12.3. The second-order valence-corrected chi connectivity index (χ2v) is 5.41. The maximum atomic E-state index is 11.9. The van der Waals surface area contributed by atoms with Gasteiger partial charge in [-0.3, -0.25) is 4.57 Å². The van der Waals surface area contributed by atoms with Crippen LogP contribution in [0.5, 0.6) is 0 Å². The molecule has 0 unspecified atom stereocenters. The monoisotopic (exact) mass is 292 g/mol. The molecule has 0 amide bonds. The highest BCUT2D eigenvalue weighted by Crippen LogP contribution is 2.13. The number of carboxylic acid groups (broad SMARTS) is 1. The maximum Gasteiger partial charge on any atom is 0.335 e. The van der Waals surface area contributed by atoms with Crippen LogP contribution < -0.4 is 5.69 Å². The van der Waals surface area contributed by atoms with E-state index >= 15 is 0 Å². The highest BCUT2D eigenvalue weighted by atomic mass is 16.5. The third-order valence-corrected chi connectivity index (χ3v) is 3.32. The number of imidazole rings is 1. The second-order valence-electron chi connectivity index (χ2n) is 5.41. The number of hydrogen-bond donors (Lipinski definition) is 2. The van der Waals surface area contributed by atoms with Crippen molar-refractivity contribution in [2.24, 2.45) is 5.92 Å². The van der Waals surface area contributed by atoms with Crippen molar-refractivity contribution in [3.63, 3.8) is 0 Å². The SMILES string of the molecule is CC(C)CCOCCn1c(=O)[nH]c2cc(C(=O)O)ccc21. The Morgan fingerprint density at radius 3 is 2.81 bits per heavy atom. The van der Waals surface area contributed by atoms with E-state index in [2.05, 4.69) is 18.8 Å². The summed E-state index contributed by atoms with van der Waals surface area (Å²) in [6, 6.07) is 4.61. The number of aromatic amines is 1. The van der Waals surface area contributed by atoms with Gasteiger partial charge in [0.2, 0.25) is 0 Å². The number of aromatic nitrogens is 2. The summed E-state index contributed by atoms with van der Waals surface area (Å²) in [6.07, 6.45) is 0.991. The molecular weight excluding hydrogens is 272 g/mol. The van der Waals surface area contributed by atoms with E-state index in [1.165, 1.54) is 12.1 Å². The first-order valence-corrected chi connectivity index (χ1v) is 7.02. The summed E-state index contributed by atoms with van der Waals surface area (Å²) in [7, 11) is 0. The Morgan fingerprint density at radius 2 is 2.14 bits per heavy atom. The first-order valence-electron chi connectivity index (χ1n) is 7.02. The molecule has 0 fully saturated rings. The van der Waals surface area contributed by atoms with Crippen LogP contribution in [0.4, 0.5) is 0 Å². The predicted octanol–water partition coefficient (Wildman–Crippen LogP) is 2.09. The van der Waals surface area contributed by atoms with Gasteiger partial charge in [0.05, 0.1) is 29.7 Å². The molecule has 0 saturated carbocycles. The summed E-state index contributed by atoms with van der Waals surface area (Å²) in [6.45, 7) is 5.85. The lowest BCUT2D eigenvalue weighted by Crippen LogP contribution is -2.19. The van der Waals surface area contributed by atoms with E-state index in [1.807, 2.05) is 0 Å². The fourth-order valence-electron chi connectivity index (χ4n) is 2.10. The quantitative estimate of drug-likeness (QED) is 0.765. The van der Waals surface area contributed by atoms with Gasteiger partial charge < -0.3 is 14.8 Å². The van der Waals surface area contributed by atoms with Gasteiger partial charge in [0.25, 0.3) is 0 Å². The number of nitrogens with one attached hydrogen (secondary N) is 1. The van der Waals surface area contributed by atoms with Gasteiger partial charge >= 0.3 is 11.7 Å². The number of H-pyrrole nitrogens is 1. The van der Waals surface area contributed by atoms with Crippen LogP contribution in [0, 0.1) is 5.92 Å². The summed E-state index contributed by atoms with van der Waals surface area (Å²) < 4.78 is 7.08. The molecule has 1 heterocycles. The number of ether oxygens (including phenoxy) is 1. The number of carboxylic acids is 1. The van der Waals surface area contributed by atoms with Gasteiger partial charge in [0.15, 0.2) is 0 Å². The second kappa shape index (κ2) is 6.58. The van der Waals surface area contributed by atoms with Crippen LogP contribution in [-0.4, -0.2) is 33.8 Å². The summed E-state index contributed by atoms with van der Waals surface area (Å²) in [5, 5.41) is 8.95. The molecule has 6 heteroatoms. The lowest BCUT2D eigenvalue weighted by Gasteiger charge is -2.07.